The molecule has 2 heterocycles. The van der Waals surface area contributed by atoms with Crippen LogP contribution in [-0.2, 0) is 23.9 Å². The maximum absolute atomic E-state index is 12.9. The predicted molar refractivity (Wildman–Crippen MR) is 107 cm³/mol. The normalized spacial score (nSPS) is 32.9. The van der Waals surface area contributed by atoms with E-state index in [1.807, 2.05) is 13.8 Å². The molecule has 3 aliphatic rings. The summed E-state index contributed by atoms with van der Waals surface area (Å²) in [6.07, 6.45) is 2.81. The molecule has 0 aromatic rings. The topological polar surface area (TPSA) is 105 Å². The van der Waals surface area contributed by atoms with Gasteiger partial charge in [-0.1, -0.05) is 13.3 Å². The van der Waals surface area contributed by atoms with Crippen LogP contribution in [0.3, 0.4) is 0 Å². The van der Waals surface area contributed by atoms with Gasteiger partial charge in [0.05, 0.1) is 12.2 Å². The number of carbonyl (C=O) groups excluding carboxylic acids is 4. The Morgan fingerprint density at radius 1 is 1.20 bits per heavy atom. The van der Waals surface area contributed by atoms with Crippen LogP contribution in [-0.4, -0.2) is 77.1 Å². The lowest BCUT2D eigenvalue weighted by molar-refractivity contribution is -0.165. The van der Waals surface area contributed by atoms with Gasteiger partial charge in [0.1, 0.15) is 12.1 Å². The Morgan fingerprint density at radius 2 is 1.80 bits per heavy atom. The SMILES string of the molecule is CCC1CCC2(CC1)NC(=O)N(CC(=O)OC(C)C(=O)N1CC(C)OC(C)C1)C2=O. The minimum atomic E-state index is -0.996. The zero-order valence-corrected chi connectivity index (χ0v) is 18.3. The average molecular weight is 424 g/mol. The highest BCUT2D eigenvalue weighted by Gasteiger charge is 2.52. The van der Waals surface area contributed by atoms with Gasteiger partial charge in [0.2, 0.25) is 0 Å². The van der Waals surface area contributed by atoms with Gasteiger partial charge in [0.15, 0.2) is 6.10 Å². The molecule has 1 aliphatic carbocycles. The molecule has 2 aliphatic heterocycles. The van der Waals surface area contributed by atoms with Gasteiger partial charge in [-0.05, 0) is 52.4 Å². The van der Waals surface area contributed by atoms with Crippen molar-refractivity contribution in [1.29, 1.82) is 0 Å². The van der Waals surface area contributed by atoms with E-state index in [9.17, 15) is 19.2 Å². The van der Waals surface area contributed by atoms with Crippen molar-refractivity contribution < 1.29 is 28.7 Å². The number of nitrogens with one attached hydrogen (secondary N) is 1. The summed E-state index contributed by atoms with van der Waals surface area (Å²) in [5.41, 5.74) is -0.898. The molecule has 30 heavy (non-hydrogen) atoms. The molecule has 0 aromatic carbocycles. The Bertz CT molecular complexity index is 693. The van der Waals surface area contributed by atoms with Crippen LogP contribution in [0.15, 0.2) is 0 Å². The first kappa shape index (κ1) is 22.5. The summed E-state index contributed by atoms with van der Waals surface area (Å²) in [7, 11) is 0. The largest absolute Gasteiger partial charge is 0.451 e. The van der Waals surface area contributed by atoms with Crippen molar-refractivity contribution in [2.24, 2.45) is 5.92 Å². The van der Waals surface area contributed by atoms with Crippen LogP contribution >= 0.6 is 0 Å². The molecule has 1 N–H and O–H groups in total. The van der Waals surface area contributed by atoms with E-state index >= 15 is 0 Å². The molecule has 4 amide bonds. The first-order valence-corrected chi connectivity index (χ1v) is 10.9. The smallest absolute Gasteiger partial charge is 0.327 e. The molecule has 0 aromatic heterocycles. The Labute approximate surface area is 177 Å². The summed E-state index contributed by atoms with van der Waals surface area (Å²) >= 11 is 0. The van der Waals surface area contributed by atoms with Gasteiger partial charge < -0.3 is 19.7 Å². The number of ether oxygens (including phenoxy) is 2. The standard InChI is InChI=1S/C21H33N3O6/c1-5-16-6-8-21(9-7-16)19(27)24(20(28)22-21)12-17(25)30-15(4)18(26)23-10-13(2)29-14(3)11-23/h13-16H,5-12H2,1-4H3,(H,22,28). The van der Waals surface area contributed by atoms with E-state index in [0.29, 0.717) is 31.8 Å². The third kappa shape index (κ3) is 4.61. The summed E-state index contributed by atoms with van der Waals surface area (Å²) in [5.74, 6) is -0.879. The van der Waals surface area contributed by atoms with Gasteiger partial charge in [-0.25, -0.2) is 4.79 Å². The van der Waals surface area contributed by atoms with Crippen molar-refractivity contribution in [3.8, 4) is 0 Å². The van der Waals surface area contributed by atoms with Gasteiger partial charge in [-0.3, -0.25) is 19.3 Å². The molecule has 3 atom stereocenters. The van der Waals surface area contributed by atoms with Gasteiger partial charge in [-0.2, -0.15) is 0 Å². The lowest BCUT2D eigenvalue weighted by Gasteiger charge is -2.36. The van der Waals surface area contributed by atoms with Crippen LogP contribution < -0.4 is 5.32 Å². The van der Waals surface area contributed by atoms with Gasteiger partial charge in [-0.15, -0.1) is 0 Å². The summed E-state index contributed by atoms with van der Waals surface area (Å²) < 4.78 is 10.9. The number of rotatable bonds is 5. The van der Waals surface area contributed by atoms with Crippen molar-refractivity contribution in [3.63, 3.8) is 0 Å². The number of hydrogen-bond donors (Lipinski definition) is 1. The summed E-state index contributed by atoms with van der Waals surface area (Å²) in [5, 5.41) is 2.80. The highest BCUT2D eigenvalue weighted by atomic mass is 16.5. The average Bonchev–Trinajstić information content (AvgIpc) is 2.91. The Kier molecular flexibility index (Phi) is 6.69. The molecule has 3 unspecified atom stereocenters. The fourth-order valence-electron chi connectivity index (χ4n) is 4.77. The van der Waals surface area contributed by atoms with E-state index in [1.54, 1.807) is 4.90 Å². The van der Waals surface area contributed by atoms with Crippen molar-refractivity contribution in [2.45, 2.75) is 83.6 Å². The van der Waals surface area contributed by atoms with Crippen molar-refractivity contribution in [1.82, 2.24) is 15.1 Å². The quantitative estimate of drug-likeness (QED) is 0.530. The van der Waals surface area contributed by atoms with E-state index in [-0.39, 0.29) is 24.0 Å². The maximum atomic E-state index is 12.9. The second-order valence-corrected chi connectivity index (χ2v) is 8.89. The van der Waals surface area contributed by atoms with E-state index in [2.05, 4.69) is 12.2 Å². The molecule has 2 saturated heterocycles. The first-order chi connectivity index (χ1) is 14.1. The number of imide groups is 1. The Morgan fingerprint density at radius 3 is 2.37 bits per heavy atom. The highest BCUT2D eigenvalue weighted by molar-refractivity contribution is 6.08. The molecule has 3 rings (SSSR count). The minimum Gasteiger partial charge on any atom is -0.451 e. The fourth-order valence-corrected chi connectivity index (χ4v) is 4.77. The predicted octanol–water partition coefficient (Wildman–Crippen LogP) is 1.44. The zero-order valence-electron chi connectivity index (χ0n) is 18.3. The molecule has 1 spiro atoms. The van der Waals surface area contributed by atoms with E-state index in [4.69, 9.17) is 9.47 Å². The van der Waals surface area contributed by atoms with E-state index in [1.165, 1.54) is 6.92 Å². The number of hydrogen-bond acceptors (Lipinski definition) is 6. The van der Waals surface area contributed by atoms with Crippen LogP contribution in [0.2, 0.25) is 0 Å². The maximum Gasteiger partial charge on any atom is 0.327 e. The van der Waals surface area contributed by atoms with Crippen LogP contribution in [0.25, 0.3) is 0 Å². The minimum absolute atomic E-state index is 0.0921. The van der Waals surface area contributed by atoms with Gasteiger partial charge in [0.25, 0.3) is 11.8 Å². The summed E-state index contributed by atoms with van der Waals surface area (Å²) in [4.78, 5) is 52.8. The summed E-state index contributed by atoms with van der Waals surface area (Å²) in [6, 6.07) is -0.568. The molecule has 3 fully saturated rings. The second-order valence-electron chi connectivity index (χ2n) is 8.89. The van der Waals surface area contributed by atoms with Crippen LogP contribution in [0.1, 0.15) is 59.8 Å². The number of morpholine rings is 1. The van der Waals surface area contributed by atoms with Crippen LogP contribution in [0.5, 0.6) is 0 Å². The summed E-state index contributed by atoms with van der Waals surface area (Å²) in [6.45, 7) is 7.77. The Balaban J connectivity index is 1.55. The van der Waals surface area contributed by atoms with Gasteiger partial charge in [0, 0.05) is 13.1 Å². The van der Waals surface area contributed by atoms with E-state index in [0.717, 1.165) is 24.2 Å². The van der Waals surface area contributed by atoms with Crippen molar-refractivity contribution in [2.75, 3.05) is 19.6 Å². The molecule has 0 radical (unpaired) electrons. The van der Waals surface area contributed by atoms with Crippen molar-refractivity contribution in [3.05, 3.63) is 0 Å². The monoisotopic (exact) mass is 423 g/mol. The molecule has 9 heteroatoms. The van der Waals surface area contributed by atoms with E-state index < -0.39 is 30.2 Å². The van der Waals surface area contributed by atoms with Crippen molar-refractivity contribution >= 4 is 23.8 Å². The number of esters is 1. The zero-order chi connectivity index (χ0) is 22.1. The lowest BCUT2D eigenvalue weighted by Crippen LogP contribution is -2.52. The highest BCUT2D eigenvalue weighted by Crippen LogP contribution is 2.37. The second kappa shape index (κ2) is 8.91. The number of amides is 4. The Hall–Kier alpha value is -2.16. The molecule has 168 valence electrons. The third-order valence-electron chi connectivity index (χ3n) is 6.46. The third-order valence-corrected chi connectivity index (χ3v) is 6.46. The fraction of sp³-hybridized carbons (Fsp3) is 0.810. The van der Waals surface area contributed by atoms with Gasteiger partial charge >= 0.3 is 12.0 Å². The molecule has 9 nitrogen and oxygen atoms in total. The first-order valence-electron chi connectivity index (χ1n) is 10.9. The molecular formula is C21H33N3O6. The molecule has 1 saturated carbocycles. The van der Waals surface area contributed by atoms with Crippen LogP contribution in [0, 0.1) is 5.92 Å². The lowest BCUT2D eigenvalue weighted by atomic mass is 9.75. The number of urea groups is 1. The number of nitrogens with zero attached hydrogens (tertiary/aromatic N) is 2. The number of carbonyl (C=O) groups is 4. The molecule has 0 bridgehead atoms. The molecular weight excluding hydrogens is 390 g/mol. The van der Waals surface area contributed by atoms with Crippen LogP contribution in [0.4, 0.5) is 4.79 Å².